The molecule has 2 N–H and O–H groups in total. The summed E-state index contributed by atoms with van der Waals surface area (Å²) in [4.78, 5) is 18.9. The van der Waals surface area contributed by atoms with Crippen molar-refractivity contribution in [1.82, 2.24) is 19.9 Å². The van der Waals surface area contributed by atoms with Crippen LogP contribution in [0.1, 0.15) is 25.1 Å². The Labute approximate surface area is 228 Å². The molecule has 0 saturated carbocycles. The molecule has 5 aromatic rings. The van der Waals surface area contributed by atoms with Crippen LogP contribution in [0.2, 0.25) is 0 Å². The number of nitrogens with zero attached hydrogens (tertiary/aromatic N) is 4. The Bertz CT molecular complexity index is 1490. The SMILES string of the molecule is c1ccc2c(OC(CCCCNc3ccc(N4CCOCC4)cc3)Cc3ncc4[nH]cnc4n3)cccc2c1. The van der Waals surface area contributed by atoms with Crippen molar-refractivity contribution >= 4 is 33.3 Å². The summed E-state index contributed by atoms with van der Waals surface area (Å²) >= 11 is 0. The normalized spacial score (nSPS) is 14.5. The summed E-state index contributed by atoms with van der Waals surface area (Å²) in [6.07, 6.45) is 7.01. The van der Waals surface area contributed by atoms with Crippen LogP contribution in [-0.4, -0.2) is 58.9 Å². The maximum absolute atomic E-state index is 6.62. The number of ether oxygens (including phenoxy) is 2. The van der Waals surface area contributed by atoms with Gasteiger partial charge in [0.2, 0.25) is 0 Å². The third-order valence-electron chi connectivity index (χ3n) is 7.20. The number of hydrogen-bond acceptors (Lipinski definition) is 7. The smallest absolute Gasteiger partial charge is 0.180 e. The topological polar surface area (TPSA) is 88.2 Å². The second-order valence-electron chi connectivity index (χ2n) is 9.92. The molecule has 3 heterocycles. The van der Waals surface area contributed by atoms with Gasteiger partial charge in [-0.15, -0.1) is 0 Å². The van der Waals surface area contributed by atoms with E-state index < -0.39 is 0 Å². The fourth-order valence-corrected chi connectivity index (χ4v) is 5.10. The van der Waals surface area contributed by atoms with Gasteiger partial charge in [0.1, 0.15) is 23.2 Å². The van der Waals surface area contributed by atoms with Crippen molar-refractivity contribution in [3.63, 3.8) is 0 Å². The monoisotopic (exact) mass is 522 g/mol. The van der Waals surface area contributed by atoms with Crippen molar-refractivity contribution in [2.24, 2.45) is 0 Å². The molecule has 2 aromatic heterocycles. The average Bonchev–Trinajstić information content (AvgIpc) is 3.46. The van der Waals surface area contributed by atoms with E-state index in [9.17, 15) is 0 Å². The minimum Gasteiger partial charge on any atom is -0.489 e. The molecule has 8 nitrogen and oxygen atoms in total. The number of nitrogens with one attached hydrogen (secondary N) is 2. The highest BCUT2D eigenvalue weighted by molar-refractivity contribution is 5.88. The Morgan fingerprint density at radius 3 is 2.69 bits per heavy atom. The fraction of sp³-hybridized carbons (Fsp3) is 0.323. The number of fused-ring (bicyclic) bond motifs is 2. The third-order valence-corrected chi connectivity index (χ3v) is 7.20. The molecule has 0 radical (unpaired) electrons. The first-order valence-corrected chi connectivity index (χ1v) is 13.8. The molecule has 39 heavy (non-hydrogen) atoms. The van der Waals surface area contributed by atoms with E-state index in [0.29, 0.717) is 12.1 Å². The molecule has 3 aromatic carbocycles. The van der Waals surface area contributed by atoms with Crippen molar-refractivity contribution in [2.75, 3.05) is 43.1 Å². The van der Waals surface area contributed by atoms with Crippen LogP contribution >= 0.6 is 0 Å². The maximum atomic E-state index is 6.62. The van der Waals surface area contributed by atoms with Gasteiger partial charge >= 0.3 is 0 Å². The van der Waals surface area contributed by atoms with Crippen molar-refractivity contribution in [2.45, 2.75) is 31.8 Å². The molecule has 8 heteroatoms. The van der Waals surface area contributed by atoms with E-state index in [1.807, 2.05) is 0 Å². The molecule has 1 fully saturated rings. The Morgan fingerprint density at radius 1 is 0.949 bits per heavy atom. The van der Waals surface area contributed by atoms with Gasteiger partial charge in [0.25, 0.3) is 0 Å². The number of imidazole rings is 1. The quantitative estimate of drug-likeness (QED) is 0.218. The molecule has 1 aliphatic rings. The van der Waals surface area contributed by atoms with Crippen LogP contribution in [-0.2, 0) is 11.2 Å². The van der Waals surface area contributed by atoms with E-state index in [1.165, 1.54) is 11.1 Å². The number of aromatic nitrogens is 4. The number of benzene rings is 3. The van der Waals surface area contributed by atoms with Gasteiger partial charge in [0, 0.05) is 42.8 Å². The molecule has 0 amide bonds. The summed E-state index contributed by atoms with van der Waals surface area (Å²) in [5.41, 5.74) is 3.94. The Hall–Kier alpha value is -4.17. The van der Waals surface area contributed by atoms with Crippen LogP contribution in [0.4, 0.5) is 11.4 Å². The van der Waals surface area contributed by atoms with Crippen molar-refractivity contribution in [1.29, 1.82) is 0 Å². The predicted octanol–water partition coefficient (Wildman–Crippen LogP) is 5.62. The summed E-state index contributed by atoms with van der Waals surface area (Å²) in [7, 11) is 0. The number of aromatic amines is 1. The highest BCUT2D eigenvalue weighted by Crippen LogP contribution is 2.28. The summed E-state index contributed by atoms with van der Waals surface area (Å²) in [5, 5.41) is 5.86. The zero-order chi connectivity index (χ0) is 26.3. The summed E-state index contributed by atoms with van der Waals surface area (Å²) in [5.74, 6) is 1.65. The minimum absolute atomic E-state index is 0.0417. The zero-order valence-corrected chi connectivity index (χ0v) is 22.1. The highest BCUT2D eigenvalue weighted by atomic mass is 16.5. The molecule has 1 unspecified atom stereocenters. The molecule has 0 spiro atoms. The fourth-order valence-electron chi connectivity index (χ4n) is 5.10. The minimum atomic E-state index is -0.0417. The molecule has 1 saturated heterocycles. The lowest BCUT2D eigenvalue weighted by molar-refractivity contribution is 0.122. The van der Waals surface area contributed by atoms with E-state index in [2.05, 4.69) is 96.9 Å². The van der Waals surface area contributed by atoms with Crippen LogP contribution in [0.3, 0.4) is 0 Å². The van der Waals surface area contributed by atoms with Crippen molar-refractivity contribution in [3.05, 3.63) is 85.1 Å². The molecule has 1 atom stereocenters. The molecule has 1 aliphatic heterocycles. The Morgan fingerprint density at radius 2 is 1.79 bits per heavy atom. The average molecular weight is 523 g/mol. The van der Waals surface area contributed by atoms with Crippen molar-refractivity contribution in [3.8, 4) is 5.75 Å². The van der Waals surface area contributed by atoms with Gasteiger partial charge in [-0.25, -0.2) is 15.0 Å². The summed E-state index contributed by atoms with van der Waals surface area (Å²) in [6, 6.07) is 23.3. The third kappa shape index (κ3) is 6.29. The number of H-pyrrole nitrogens is 1. The Kier molecular flexibility index (Phi) is 7.81. The van der Waals surface area contributed by atoms with E-state index >= 15 is 0 Å². The van der Waals surface area contributed by atoms with Gasteiger partial charge in [-0.1, -0.05) is 36.4 Å². The van der Waals surface area contributed by atoms with Gasteiger partial charge in [0.05, 0.1) is 25.7 Å². The Balaban J connectivity index is 1.07. The number of unbranched alkanes of at least 4 members (excludes halogenated alkanes) is 1. The number of rotatable bonds is 11. The highest BCUT2D eigenvalue weighted by Gasteiger charge is 2.16. The second kappa shape index (κ2) is 12.1. The molecular weight excluding hydrogens is 488 g/mol. The molecule has 0 bridgehead atoms. The molecule has 0 aliphatic carbocycles. The van der Waals surface area contributed by atoms with Crippen LogP contribution in [0.5, 0.6) is 5.75 Å². The van der Waals surface area contributed by atoms with Gasteiger partial charge in [-0.05, 0) is 55.0 Å². The van der Waals surface area contributed by atoms with E-state index in [0.717, 1.165) is 80.3 Å². The molecule has 6 rings (SSSR count). The summed E-state index contributed by atoms with van der Waals surface area (Å²) < 4.78 is 12.1. The molecular formula is C31H34N6O2. The first-order valence-electron chi connectivity index (χ1n) is 13.8. The molecule has 200 valence electrons. The lowest BCUT2D eigenvalue weighted by Crippen LogP contribution is -2.36. The van der Waals surface area contributed by atoms with E-state index in [-0.39, 0.29) is 6.10 Å². The first-order chi connectivity index (χ1) is 19.3. The van der Waals surface area contributed by atoms with Gasteiger partial charge < -0.3 is 24.7 Å². The number of morpholine rings is 1. The zero-order valence-electron chi connectivity index (χ0n) is 22.1. The van der Waals surface area contributed by atoms with E-state index in [1.54, 1.807) is 12.5 Å². The van der Waals surface area contributed by atoms with Gasteiger partial charge in [-0.3, -0.25) is 0 Å². The lowest BCUT2D eigenvalue weighted by atomic mass is 10.1. The lowest BCUT2D eigenvalue weighted by Gasteiger charge is -2.28. The van der Waals surface area contributed by atoms with Crippen LogP contribution in [0.15, 0.2) is 79.3 Å². The van der Waals surface area contributed by atoms with Crippen LogP contribution < -0.4 is 15.0 Å². The van der Waals surface area contributed by atoms with E-state index in [4.69, 9.17) is 9.47 Å². The second-order valence-corrected chi connectivity index (χ2v) is 9.92. The van der Waals surface area contributed by atoms with Crippen LogP contribution in [0.25, 0.3) is 21.9 Å². The summed E-state index contributed by atoms with van der Waals surface area (Å²) in [6.45, 7) is 4.42. The van der Waals surface area contributed by atoms with Crippen molar-refractivity contribution < 1.29 is 9.47 Å². The number of hydrogen-bond donors (Lipinski definition) is 2. The largest absolute Gasteiger partial charge is 0.489 e. The van der Waals surface area contributed by atoms with Gasteiger partial charge in [-0.2, -0.15) is 0 Å². The van der Waals surface area contributed by atoms with Gasteiger partial charge in [0.15, 0.2) is 5.65 Å². The standard InChI is InChI=1S/C31H34N6O2/c1-2-9-27-23(6-1)7-5-10-29(27)39-26(20-30-33-21-28-31(36-30)35-22-34-28)8-3-4-15-32-24-11-13-25(14-12-24)37-16-18-38-19-17-37/h1-2,5-7,9-14,21-22,26,32H,3-4,8,15-20H2,(H,33,34,35,36). The van der Waals surface area contributed by atoms with Crippen LogP contribution in [0, 0.1) is 0 Å². The number of anilines is 2. The first kappa shape index (κ1) is 25.1. The predicted molar refractivity (Wildman–Crippen MR) is 156 cm³/mol. The maximum Gasteiger partial charge on any atom is 0.180 e.